The summed E-state index contributed by atoms with van der Waals surface area (Å²) in [5, 5.41) is 11.2. The van der Waals surface area contributed by atoms with Crippen molar-refractivity contribution >= 4 is 23.1 Å². The average molecular weight is 421 g/mol. The first-order valence-corrected chi connectivity index (χ1v) is 9.59. The zero-order valence-electron chi connectivity index (χ0n) is 17.2. The van der Waals surface area contributed by atoms with Crippen molar-refractivity contribution in [3.63, 3.8) is 0 Å². The van der Waals surface area contributed by atoms with Crippen LogP contribution in [0.15, 0.2) is 64.8 Å². The molecule has 158 valence electrons. The molecule has 4 rings (SSSR count). The van der Waals surface area contributed by atoms with Gasteiger partial charge in [0.05, 0.1) is 18.9 Å². The van der Waals surface area contributed by atoms with E-state index in [1.54, 1.807) is 38.3 Å². The maximum Gasteiger partial charge on any atom is 0.300 e. The SMILES string of the molecule is COc1cc(C)c(/C(O)=C2/C(=O)C(=O)N(c3cccc(F)c3)C2c2ccco2)cc1C. The van der Waals surface area contributed by atoms with Crippen molar-refractivity contribution in [2.24, 2.45) is 0 Å². The zero-order valence-corrected chi connectivity index (χ0v) is 17.2. The average Bonchev–Trinajstić information content (AvgIpc) is 3.36. The molecule has 0 saturated carbocycles. The monoisotopic (exact) mass is 421 g/mol. The first kappa shape index (κ1) is 20.4. The molecule has 0 radical (unpaired) electrons. The van der Waals surface area contributed by atoms with Gasteiger partial charge in [0, 0.05) is 11.3 Å². The van der Waals surface area contributed by atoms with E-state index in [1.807, 2.05) is 6.92 Å². The van der Waals surface area contributed by atoms with Crippen molar-refractivity contribution in [3.8, 4) is 5.75 Å². The molecular formula is C24H20FNO5. The van der Waals surface area contributed by atoms with E-state index < -0.39 is 23.5 Å². The van der Waals surface area contributed by atoms with Crippen LogP contribution in [0.5, 0.6) is 5.75 Å². The van der Waals surface area contributed by atoms with Crippen LogP contribution in [0.2, 0.25) is 0 Å². The summed E-state index contributed by atoms with van der Waals surface area (Å²) in [6, 6.07) is 11.0. The summed E-state index contributed by atoms with van der Waals surface area (Å²) < 4.78 is 24.7. The first-order chi connectivity index (χ1) is 14.8. The highest BCUT2D eigenvalue weighted by molar-refractivity contribution is 6.51. The molecule has 1 atom stereocenters. The number of benzene rings is 2. The van der Waals surface area contributed by atoms with E-state index in [9.17, 15) is 19.1 Å². The lowest BCUT2D eigenvalue weighted by Crippen LogP contribution is -2.29. The lowest BCUT2D eigenvalue weighted by atomic mass is 9.95. The number of aryl methyl sites for hydroxylation is 2. The van der Waals surface area contributed by atoms with E-state index in [-0.39, 0.29) is 22.8 Å². The summed E-state index contributed by atoms with van der Waals surface area (Å²) in [5.74, 6) is -1.74. The van der Waals surface area contributed by atoms with E-state index >= 15 is 0 Å². The number of carbonyl (C=O) groups is 2. The minimum atomic E-state index is -1.04. The van der Waals surface area contributed by atoms with Crippen LogP contribution in [0.1, 0.15) is 28.5 Å². The van der Waals surface area contributed by atoms with Crippen LogP contribution >= 0.6 is 0 Å². The number of hydrogen-bond acceptors (Lipinski definition) is 5. The van der Waals surface area contributed by atoms with Crippen molar-refractivity contribution in [2.45, 2.75) is 19.9 Å². The number of methoxy groups -OCH3 is 1. The van der Waals surface area contributed by atoms with Crippen LogP contribution in [-0.2, 0) is 9.59 Å². The standard InChI is InChI=1S/C24H20FNO5/c1-13-11-19(30-3)14(2)10-17(13)22(27)20-21(18-8-5-9-31-18)26(24(29)23(20)28)16-7-4-6-15(25)12-16/h4-12,21,27H,1-3H3/b22-20-. The highest BCUT2D eigenvalue weighted by Crippen LogP contribution is 2.43. The van der Waals surface area contributed by atoms with Gasteiger partial charge in [-0.1, -0.05) is 6.07 Å². The summed E-state index contributed by atoms with van der Waals surface area (Å²) in [5.41, 5.74) is 1.87. The third kappa shape index (κ3) is 3.38. The Balaban J connectivity index is 1.95. The minimum Gasteiger partial charge on any atom is -0.507 e. The molecular weight excluding hydrogens is 401 g/mol. The van der Waals surface area contributed by atoms with E-state index in [1.165, 1.54) is 24.5 Å². The van der Waals surface area contributed by atoms with Gasteiger partial charge in [-0.2, -0.15) is 0 Å². The number of aliphatic hydroxyl groups is 1. The number of amides is 1. The van der Waals surface area contributed by atoms with Gasteiger partial charge in [0.25, 0.3) is 11.7 Å². The van der Waals surface area contributed by atoms with E-state index in [0.717, 1.165) is 16.5 Å². The Bertz CT molecular complexity index is 1210. The Hall–Kier alpha value is -3.87. The maximum absolute atomic E-state index is 13.9. The topological polar surface area (TPSA) is 80.0 Å². The number of anilines is 1. The van der Waals surface area contributed by atoms with E-state index in [0.29, 0.717) is 16.9 Å². The molecule has 0 spiro atoms. The van der Waals surface area contributed by atoms with Gasteiger partial charge in [-0.25, -0.2) is 4.39 Å². The van der Waals surface area contributed by atoms with Crippen molar-refractivity contribution in [1.82, 2.24) is 0 Å². The number of ether oxygens (including phenoxy) is 1. The third-order valence-corrected chi connectivity index (χ3v) is 5.34. The molecule has 2 aromatic carbocycles. The maximum atomic E-state index is 13.9. The number of halogens is 1. The van der Waals surface area contributed by atoms with Crippen molar-refractivity contribution < 1.29 is 28.2 Å². The number of furan rings is 1. The third-order valence-electron chi connectivity index (χ3n) is 5.34. The Morgan fingerprint density at radius 2 is 1.87 bits per heavy atom. The molecule has 31 heavy (non-hydrogen) atoms. The molecule has 1 fully saturated rings. The van der Waals surface area contributed by atoms with Crippen molar-refractivity contribution in [1.29, 1.82) is 0 Å². The number of rotatable bonds is 4. The quantitative estimate of drug-likeness (QED) is 0.376. The highest BCUT2D eigenvalue weighted by Gasteiger charge is 2.48. The van der Waals surface area contributed by atoms with Crippen LogP contribution in [-0.4, -0.2) is 23.9 Å². The van der Waals surface area contributed by atoms with Gasteiger partial charge >= 0.3 is 0 Å². The van der Waals surface area contributed by atoms with Crippen molar-refractivity contribution in [2.75, 3.05) is 12.0 Å². The largest absolute Gasteiger partial charge is 0.507 e. The van der Waals surface area contributed by atoms with Crippen LogP contribution in [0.25, 0.3) is 5.76 Å². The number of carbonyl (C=O) groups excluding carboxylic acids is 2. The fourth-order valence-electron chi connectivity index (χ4n) is 3.85. The molecule has 1 unspecified atom stereocenters. The summed E-state index contributed by atoms with van der Waals surface area (Å²) in [6.07, 6.45) is 1.41. The molecule has 2 heterocycles. The second kappa shape index (κ2) is 7.75. The predicted molar refractivity (Wildman–Crippen MR) is 112 cm³/mol. The molecule has 1 amide bonds. The molecule has 1 aliphatic rings. The number of Topliss-reactive ketones (excluding diaryl/α,β-unsaturated/α-hetero) is 1. The molecule has 1 aliphatic heterocycles. The van der Waals surface area contributed by atoms with Gasteiger partial charge in [0.1, 0.15) is 29.1 Å². The van der Waals surface area contributed by atoms with E-state index in [2.05, 4.69) is 0 Å². The summed E-state index contributed by atoms with van der Waals surface area (Å²) in [4.78, 5) is 27.2. The molecule has 3 aromatic rings. The molecule has 1 aromatic heterocycles. The smallest absolute Gasteiger partial charge is 0.300 e. The molecule has 7 heteroatoms. The van der Waals surface area contributed by atoms with Crippen LogP contribution < -0.4 is 9.64 Å². The fourth-order valence-corrected chi connectivity index (χ4v) is 3.85. The van der Waals surface area contributed by atoms with Crippen LogP contribution in [0.3, 0.4) is 0 Å². The van der Waals surface area contributed by atoms with Crippen LogP contribution in [0.4, 0.5) is 10.1 Å². The summed E-state index contributed by atoms with van der Waals surface area (Å²) in [7, 11) is 1.54. The predicted octanol–water partition coefficient (Wildman–Crippen LogP) is 4.67. The number of ketones is 1. The Morgan fingerprint density at radius 3 is 2.52 bits per heavy atom. The second-order valence-corrected chi connectivity index (χ2v) is 7.30. The molecule has 1 saturated heterocycles. The normalized spacial score (nSPS) is 17.9. The summed E-state index contributed by atoms with van der Waals surface area (Å²) in [6.45, 7) is 3.58. The summed E-state index contributed by atoms with van der Waals surface area (Å²) >= 11 is 0. The van der Waals surface area contributed by atoms with Gasteiger partial charge in [-0.05, 0) is 67.4 Å². The second-order valence-electron chi connectivity index (χ2n) is 7.30. The van der Waals surface area contributed by atoms with Gasteiger partial charge in [0.2, 0.25) is 0 Å². The fraction of sp³-hybridized carbons (Fsp3) is 0.167. The van der Waals surface area contributed by atoms with Crippen molar-refractivity contribution in [3.05, 3.63) is 88.6 Å². The van der Waals surface area contributed by atoms with Gasteiger partial charge in [-0.15, -0.1) is 0 Å². The lowest BCUT2D eigenvalue weighted by molar-refractivity contribution is -0.132. The van der Waals surface area contributed by atoms with E-state index in [4.69, 9.17) is 9.15 Å². The van der Waals surface area contributed by atoms with Gasteiger partial charge in [0.15, 0.2) is 0 Å². The molecule has 0 aliphatic carbocycles. The number of nitrogens with zero attached hydrogens (tertiary/aromatic N) is 1. The number of hydrogen-bond donors (Lipinski definition) is 1. The molecule has 6 nitrogen and oxygen atoms in total. The Kier molecular flexibility index (Phi) is 5.10. The van der Waals surface area contributed by atoms with Gasteiger partial charge < -0.3 is 14.3 Å². The highest BCUT2D eigenvalue weighted by atomic mass is 19.1. The first-order valence-electron chi connectivity index (χ1n) is 9.59. The zero-order chi connectivity index (χ0) is 22.3. The Morgan fingerprint density at radius 1 is 1.10 bits per heavy atom. The van der Waals surface area contributed by atoms with Crippen LogP contribution in [0, 0.1) is 19.7 Å². The minimum absolute atomic E-state index is 0.128. The molecule has 0 bridgehead atoms. The number of aliphatic hydroxyl groups excluding tert-OH is 1. The van der Waals surface area contributed by atoms with Gasteiger partial charge in [-0.3, -0.25) is 14.5 Å². The molecule has 1 N–H and O–H groups in total. The Labute approximate surface area is 178 Å². The lowest BCUT2D eigenvalue weighted by Gasteiger charge is -2.23.